The smallest absolute Gasteiger partial charge is 0.328 e. The van der Waals surface area contributed by atoms with Gasteiger partial charge in [-0.25, -0.2) is 18.0 Å². The number of aliphatic carboxylic acids is 4. The average Bonchev–Trinajstić information content (AvgIpc) is 1.60. The fourth-order valence-electron chi connectivity index (χ4n) is 11.4. The maximum Gasteiger partial charge on any atom is 0.328 e. The van der Waals surface area contributed by atoms with Crippen LogP contribution in [0.15, 0.2) is 4.52 Å². The zero-order valence-electron chi connectivity index (χ0n) is 95.3. The monoisotopic (exact) mass is 2230 g/mol. The van der Waals surface area contributed by atoms with Crippen molar-refractivity contribution in [2.75, 3.05) is 141 Å². The second-order valence-electron chi connectivity index (χ2n) is 48.3. The van der Waals surface area contributed by atoms with Crippen LogP contribution in [0.1, 0.15) is 303 Å². The number of thioether (sulfide) groups is 5. The van der Waals surface area contributed by atoms with Gasteiger partial charge in [0.25, 0.3) is 0 Å². The topological polar surface area (TPSA) is 625 Å². The number of hydrogen-bond donors (Lipinski definition) is 19. The zero-order valence-corrected chi connectivity index (χ0v) is 100. The van der Waals surface area contributed by atoms with Crippen LogP contribution in [0.5, 0.6) is 0 Å². The predicted molar refractivity (Wildman–Crippen MR) is 598 cm³/mol. The Morgan fingerprint density at radius 3 is 1.03 bits per heavy atom. The third-order valence-electron chi connectivity index (χ3n) is 18.4. The first kappa shape index (κ1) is 147. The van der Waals surface area contributed by atoms with Gasteiger partial charge in [-0.05, 0) is 105 Å². The van der Waals surface area contributed by atoms with Crippen molar-refractivity contribution in [3.63, 3.8) is 0 Å². The number of nitrogens with one attached hydrogen (secondary N) is 15. The van der Waals surface area contributed by atoms with Crippen LogP contribution in [-0.4, -0.2) is 316 Å². The molecule has 13 amide bonds. The molecule has 0 aromatic carbocycles. The molecule has 0 saturated heterocycles. The number of sulfone groups is 1. The van der Waals surface area contributed by atoms with Crippen LogP contribution in [0.3, 0.4) is 0 Å². The second kappa shape index (κ2) is 74.7. The van der Waals surface area contributed by atoms with E-state index in [1.165, 1.54) is 23.5 Å². The van der Waals surface area contributed by atoms with Crippen LogP contribution in [0, 0.1) is 48.7 Å². The van der Waals surface area contributed by atoms with Crippen molar-refractivity contribution < 1.29 is 115 Å². The van der Waals surface area contributed by atoms with E-state index in [1.807, 2.05) is 125 Å². The fraction of sp³-hybridized carbons (Fsp3) is 0.814. The van der Waals surface area contributed by atoms with Crippen LogP contribution in [0.4, 0.5) is 0 Å². The van der Waals surface area contributed by atoms with Gasteiger partial charge >= 0.3 is 23.9 Å². The van der Waals surface area contributed by atoms with Gasteiger partial charge in [-0.3, -0.25) is 71.9 Å². The van der Waals surface area contributed by atoms with E-state index in [0.717, 1.165) is 28.8 Å². The van der Waals surface area contributed by atoms with E-state index in [9.17, 15) is 100 Å². The lowest BCUT2D eigenvalue weighted by atomic mass is 9.92. The maximum absolute atomic E-state index is 12.6. The largest absolute Gasteiger partial charge is 0.481 e. The third-order valence-corrected chi connectivity index (χ3v) is 28.1. The van der Waals surface area contributed by atoms with Crippen molar-refractivity contribution >= 4 is 169 Å². The molecule has 41 nitrogen and oxygen atoms in total. The molecule has 0 spiro atoms. The van der Waals surface area contributed by atoms with Crippen LogP contribution in [0.2, 0.25) is 0 Å². The molecule has 0 aliphatic heterocycles. The molecule has 47 heteroatoms. The molecule has 0 fully saturated rings. The van der Waals surface area contributed by atoms with E-state index in [1.54, 1.807) is 42.2 Å². The maximum atomic E-state index is 12.6. The molecular weight excluding hydrogens is 2040 g/mol. The van der Waals surface area contributed by atoms with E-state index in [0.29, 0.717) is 99.6 Å². The van der Waals surface area contributed by atoms with Gasteiger partial charge in [0, 0.05) is 177 Å². The highest BCUT2D eigenvalue weighted by Gasteiger charge is 2.31. The molecular formula is C102H191N17O24S6. The Bertz CT molecular complexity index is 4320. The summed E-state index contributed by atoms with van der Waals surface area (Å²) in [6.45, 7) is 65.8. The van der Waals surface area contributed by atoms with Gasteiger partial charge < -0.3 is 105 Å². The van der Waals surface area contributed by atoms with E-state index in [-0.39, 0.29) is 228 Å². The summed E-state index contributed by atoms with van der Waals surface area (Å²) in [5, 5.41) is 80.8. The van der Waals surface area contributed by atoms with Crippen molar-refractivity contribution in [1.29, 1.82) is 0 Å². The highest BCUT2D eigenvalue weighted by Crippen LogP contribution is 2.27. The SMILES string of the molecule is CC(C)(C)CSCCC(=O)N[C@@H](CCC(=O)O)C(=O)NCCNC(=O)CC(C)(C)C.CC(C)(C)CSCCC(=O)N[C@H](CNC(=O)CNC(C)(C)C)C(=O)O.CC(C)(C)CSC[C@H](NC(=O)CCC(=O)O)C(=O)NCCS(=O)(=O)CCNC(=O)CC(C)(C)C.CC(C)(C)CSC[C@H](NC(=O)CCc1noc(CCNC(=O)CC(C)(C)C)n1)C(=O)O.CCC(=O)NC(CSCC(C)(C)C)C(=O)NCCNCCNC(=O)CC(C)(C)C. The van der Waals surface area contributed by atoms with Gasteiger partial charge in [0.1, 0.15) is 30.2 Å². The molecule has 149 heavy (non-hydrogen) atoms. The Kier molecular flexibility index (Phi) is 73.7. The summed E-state index contributed by atoms with van der Waals surface area (Å²) in [5.41, 5.74) is 0.0180. The summed E-state index contributed by atoms with van der Waals surface area (Å²) in [6.07, 6.45) is 2.38. The molecule has 1 rings (SSSR count). The van der Waals surface area contributed by atoms with E-state index < -0.39 is 81.6 Å². The van der Waals surface area contributed by atoms with Gasteiger partial charge in [0.15, 0.2) is 15.7 Å². The normalized spacial score (nSPS) is 13.0. The number of carboxylic acid groups (broad SMARTS) is 4. The molecule has 1 aromatic heterocycles. The number of aromatic nitrogens is 2. The van der Waals surface area contributed by atoms with E-state index in [2.05, 4.69) is 173 Å². The summed E-state index contributed by atoms with van der Waals surface area (Å²) < 4.78 is 29.6. The Labute approximate surface area is 910 Å². The lowest BCUT2D eigenvalue weighted by molar-refractivity contribution is -0.142. The predicted octanol–water partition coefficient (Wildman–Crippen LogP) is 8.97. The lowest BCUT2D eigenvalue weighted by Crippen LogP contribution is -2.50. The number of carbonyl (C=O) groups is 17. The first-order chi connectivity index (χ1) is 68.0. The van der Waals surface area contributed by atoms with Gasteiger partial charge in [0.05, 0.1) is 24.5 Å². The molecule has 1 unspecified atom stereocenters. The van der Waals surface area contributed by atoms with Crippen molar-refractivity contribution in [3.8, 4) is 0 Å². The molecule has 0 bridgehead atoms. The molecule has 1 heterocycles. The molecule has 0 radical (unpaired) electrons. The summed E-state index contributed by atoms with van der Waals surface area (Å²) in [5.74, 6) is -0.818. The van der Waals surface area contributed by atoms with Crippen molar-refractivity contribution in [2.24, 2.45) is 48.7 Å². The molecule has 19 N–H and O–H groups in total. The number of aryl methyl sites for hydroxylation is 1. The van der Waals surface area contributed by atoms with E-state index in [4.69, 9.17) is 14.7 Å². The number of hydrogen-bond acceptors (Lipinski definition) is 29. The van der Waals surface area contributed by atoms with Crippen LogP contribution in [0.25, 0.3) is 0 Å². The minimum atomic E-state index is -3.51. The molecule has 1 aromatic rings. The van der Waals surface area contributed by atoms with Gasteiger partial charge in [-0.1, -0.05) is 199 Å². The average molecular weight is 2230 g/mol. The second-order valence-corrected chi connectivity index (χ2v) is 55.9. The molecule has 864 valence electrons. The van der Waals surface area contributed by atoms with Crippen LogP contribution >= 0.6 is 58.8 Å². The minimum absolute atomic E-state index is 0.00308. The highest BCUT2D eigenvalue weighted by atomic mass is 32.2. The lowest BCUT2D eigenvalue weighted by Gasteiger charge is -2.21. The van der Waals surface area contributed by atoms with E-state index >= 15 is 0 Å². The minimum Gasteiger partial charge on any atom is -0.481 e. The number of rotatable bonds is 63. The Morgan fingerprint density at radius 2 is 0.644 bits per heavy atom. The quantitative estimate of drug-likeness (QED) is 0.0270. The van der Waals surface area contributed by atoms with Crippen molar-refractivity contribution in [1.82, 2.24) is 89.9 Å². The fourth-order valence-corrected chi connectivity index (χ4v) is 18.2. The third kappa shape index (κ3) is 100. The number of amides is 13. The number of carboxylic acids is 4. The van der Waals surface area contributed by atoms with Crippen LogP contribution < -0.4 is 79.8 Å². The first-order valence-electron chi connectivity index (χ1n) is 50.9. The zero-order chi connectivity index (χ0) is 116. The Balaban J connectivity index is -0.000000885. The molecule has 0 saturated carbocycles. The standard InChI is InChI=1S/C22H41N3O7S2.C21H36N4O5S.C21H42N4O3S.C21H39N3O5S.C17H33N3O4S/c1-21(2,3)13-18(27)23-9-11-34(31,32)12-10-24-20(30)16(14-33-15-22(4,5)6)25-17(26)7-8-19(28)29;1-20(2,3)11-17(27)22-10-9-18-24-15(25-30-18)7-8-16(26)23-14(19(28)29)12-31-13-21(4,5)6;1-8-17(26)25-16(14-29-15-21(5,6)7)19(28)24-12-10-22-9-11-23-18(27)13-20(2,3)4;1-20(2,3)13-17(26)22-10-11-23-19(29)15(7-8-18(27)28)24-16(25)9-12-30-14-21(4,5)6;1-16(2,3)11-25-8-7-13(21)20-12(15(23)24)9-18-14(22)10-19-17(4,5)6/h16H,7-15H2,1-6H3,(H,23,27)(H,24,30)(H,25,26)(H,28,29);14H,7-13H2,1-6H3,(H,22,27)(H,23,26)(H,28,29);16,22H,8-15H2,1-7H3,(H,23,27)(H,24,28)(H,25,26);15H,7-14H2,1-6H3,(H,22,26)(H,23,29)(H,24,25)(H,27,28);12,19H,7-11H2,1-6H3,(H,18,22)(H,20,21)(H,23,24)/t16-;14-;;15-;12-/m00.01/s1. The highest BCUT2D eigenvalue weighted by molar-refractivity contribution is 8.00. The first-order valence-corrected chi connectivity index (χ1v) is 58.5. The summed E-state index contributed by atoms with van der Waals surface area (Å²) in [6, 6.07) is -4.40. The van der Waals surface area contributed by atoms with Gasteiger partial charge in [-0.15, -0.1) is 0 Å². The number of carbonyl (C=O) groups excluding carboxylic acids is 13. The number of nitrogens with zero attached hydrogens (tertiary/aromatic N) is 2. The van der Waals surface area contributed by atoms with Crippen LogP contribution in [-0.2, 0) is 104 Å². The Hall–Kier alpha value is -8.25. The van der Waals surface area contributed by atoms with Gasteiger partial charge in [0.2, 0.25) is 82.7 Å². The molecule has 5 atom stereocenters. The molecule has 0 aliphatic carbocycles. The van der Waals surface area contributed by atoms with Crippen molar-refractivity contribution in [2.45, 2.75) is 340 Å². The summed E-state index contributed by atoms with van der Waals surface area (Å²) >= 11 is 7.98. The van der Waals surface area contributed by atoms with Gasteiger partial charge in [-0.2, -0.15) is 63.8 Å². The summed E-state index contributed by atoms with van der Waals surface area (Å²) in [4.78, 5) is 205. The molecule has 0 aliphatic rings. The Morgan fingerprint density at radius 1 is 0.322 bits per heavy atom. The van der Waals surface area contributed by atoms with Crippen molar-refractivity contribution in [3.05, 3.63) is 11.7 Å². The summed E-state index contributed by atoms with van der Waals surface area (Å²) in [7, 11) is -3.51.